The van der Waals surface area contributed by atoms with Crippen molar-refractivity contribution < 1.29 is 9.90 Å². The first kappa shape index (κ1) is 11.9. The van der Waals surface area contributed by atoms with Crippen LogP contribution in [0.15, 0.2) is 18.2 Å². The number of nitrogens with zero attached hydrogens (tertiary/aromatic N) is 1. The molecular formula is C12H13ClN2O2. The molecule has 90 valence electrons. The van der Waals surface area contributed by atoms with Crippen LogP contribution in [0.25, 0.3) is 10.9 Å². The van der Waals surface area contributed by atoms with Gasteiger partial charge in [0, 0.05) is 5.39 Å². The average molecular weight is 253 g/mol. The summed E-state index contributed by atoms with van der Waals surface area (Å²) in [5.41, 5.74) is 0.810. The summed E-state index contributed by atoms with van der Waals surface area (Å²) >= 11 is 5.94. The van der Waals surface area contributed by atoms with Gasteiger partial charge < -0.3 is 5.11 Å². The second-order valence-corrected chi connectivity index (χ2v) is 5.09. The van der Waals surface area contributed by atoms with Crippen LogP contribution >= 0.6 is 11.6 Å². The largest absolute Gasteiger partial charge is 0.481 e. The first-order valence-electron chi connectivity index (χ1n) is 5.27. The topological polar surface area (TPSA) is 66.0 Å². The lowest BCUT2D eigenvalue weighted by Crippen LogP contribution is -2.26. The Hall–Kier alpha value is -1.55. The van der Waals surface area contributed by atoms with Crippen LogP contribution in [0.4, 0.5) is 0 Å². The molecule has 0 saturated carbocycles. The molecule has 2 rings (SSSR count). The number of carbonyl (C=O) groups is 1. The molecule has 0 unspecified atom stereocenters. The predicted octanol–water partition coefficient (Wildman–Crippen LogP) is 2.87. The number of nitrogens with one attached hydrogen (secondary N) is 1. The normalized spacial score (nSPS) is 11.9. The summed E-state index contributed by atoms with van der Waals surface area (Å²) in [6.45, 7) is 3.39. The Bertz CT molecular complexity index is 575. The van der Waals surface area contributed by atoms with Crippen LogP contribution in [-0.4, -0.2) is 21.3 Å². The number of halogens is 1. The van der Waals surface area contributed by atoms with Gasteiger partial charge in [0.2, 0.25) is 0 Å². The van der Waals surface area contributed by atoms with Crippen molar-refractivity contribution in [2.45, 2.75) is 20.3 Å². The van der Waals surface area contributed by atoms with Crippen LogP contribution in [0, 0.1) is 5.41 Å². The summed E-state index contributed by atoms with van der Waals surface area (Å²) in [6, 6.07) is 5.60. The number of rotatable bonds is 3. The molecule has 0 spiro atoms. The maximum absolute atomic E-state index is 11.1. The number of para-hydroxylation sites is 1. The van der Waals surface area contributed by atoms with E-state index in [9.17, 15) is 4.79 Å². The van der Waals surface area contributed by atoms with Gasteiger partial charge in [-0.15, -0.1) is 0 Å². The summed E-state index contributed by atoms with van der Waals surface area (Å²) in [7, 11) is 0. The maximum atomic E-state index is 11.1. The number of carboxylic acid groups (broad SMARTS) is 1. The molecule has 2 N–H and O–H groups in total. The van der Waals surface area contributed by atoms with Gasteiger partial charge in [-0.1, -0.05) is 23.7 Å². The molecule has 1 heterocycles. The van der Waals surface area contributed by atoms with Crippen LogP contribution in [-0.2, 0) is 11.2 Å². The van der Waals surface area contributed by atoms with Crippen LogP contribution in [0.2, 0.25) is 5.15 Å². The van der Waals surface area contributed by atoms with Crippen molar-refractivity contribution in [3.8, 4) is 0 Å². The number of H-pyrrole nitrogens is 1. The van der Waals surface area contributed by atoms with E-state index in [1.807, 2.05) is 18.2 Å². The zero-order valence-corrected chi connectivity index (χ0v) is 10.4. The minimum atomic E-state index is -0.823. The van der Waals surface area contributed by atoms with Crippen molar-refractivity contribution in [3.63, 3.8) is 0 Å². The second-order valence-electron chi connectivity index (χ2n) is 4.72. The lowest BCUT2D eigenvalue weighted by atomic mass is 9.85. The quantitative estimate of drug-likeness (QED) is 0.883. The summed E-state index contributed by atoms with van der Waals surface area (Å²) in [5, 5.41) is 17.2. The molecule has 0 radical (unpaired) electrons. The molecule has 17 heavy (non-hydrogen) atoms. The number of aromatic nitrogens is 2. The minimum Gasteiger partial charge on any atom is -0.481 e. The zero-order chi connectivity index (χ0) is 12.6. The molecule has 0 fully saturated rings. The molecule has 0 bridgehead atoms. The fraction of sp³-hybridized carbons (Fsp3) is 0.333. The first-order valence-corrected chi connectivity index (χ1v) is 5.64. The van der Waals surface area contributed by atoms with E-state index in [1.165, 1.54) is 0 Å². The minimum absolute atomic E-state index is 0.418. The van der Waals surface area contributed by atoms with E-state index in [1.54, 1.807) is 13.8 Å². The Labute approximate surface area is 104 Å². The number of fused-ring (bicyclic) bond motifs is 1. The molecule has 4 nitrogen and oxygen atoms in total. The number of hydrogen-bond donors (Lipinski definition) is 2. The summed E-state index contributed by atoms with van der Waals surface area (Å²) in [4.78, 5) is 11.1. The van der Waals surface area contributed by atoms with Crippen molar-refractivity contribution in [1.82, 2.24) is 10.2 Å². The van der Waals surface area contributed by atoms with Crippen LogP contribution < -0.4 is 0 Å². The third-order valence-corrected chi connectivity index (χ3v) is 3.12. The van der Waals surface area contributed by atoms with Crippen LogP contribution in [0.3, 0.4) is 0 Å². The molecule has 0 aliphatic carbocycles. The number of carboxylic acids is 1. The van der Waals surface area contributed by atoms with E-state index in [0.717, 1.165) is 16.5 Å². The van der Waals surface area contributed by atoms with E-state index < -0.39 is 11.4 Å². The SMILES string of the molecule is CC(C)(Cc1cccc2c(Cl)[nH]nc12)C(=O)O. The fourth-order valence-corrected chi connectivity index (χ4v) is 1.95. The monoisotopic (exact) mass is 252 g/mol. The predicted molar refractivity (Wildman–Crippen MR) is 66.2 cm³/mol. The van der Waals surface area contributed by atoms with Gasteiger partial charge >= 0.3 is 5.97 Å². The standard InChI is InChI=1S/C12H13ClN2O2/c1-12(2,11(16)17)6-7-4-3-5-8-9(7)14-15-10(8)13/h3-5H,6H2,1-2H3,(H,14,15)(H,16,17). The molecule has 1 aromatic heterocycles. The molecule has 0 saturated heterocycles. The summed E-state index contributed by atoms with van der Waals surface area (Å²) in [6.07, 6.45) is 0.418. The Kier molecular flexibility index (Phi) is 2.83. The molecular weight excluding hydrogens is 240 g/mol. The Morgan fingerprint density at radius 2 is 2.24 bits per heavy atom. The molecule has 0 atom stereocenters. The molecule has 0 aliphatic rings. The third kappa shape index (κ3) is 2.13. The van der Waals surface area contributed by atoms with E-state index in [2.05, 4.69) is 10.2 Å². The van der Waals surface area contributed by atoms with E-state index in [4.69, 9.17) is 16.7 Å². The van der Waals surface area contributed by atoms with Crippen molar-refractivity contribution in [2.24, 2.45) is 5.41 Å². The van der Waals surface area contributed by atoms with Crippen LogP contribution in [0.1, 0.15) is 19.4 Å². The van der Waals surface area contributed by atoms with Gasteiger partial charge in [0.25, 0.3) is 0 Å². The van der Waals surface area contributed by atoms with Crippen molar-refractivity contribution >= 4 is 28.5 Å². The van der Waals surface area contributed by atoms with Gasteiger partial charge in [-0.3, -0.25) is 9.89 Å². The van der Waals surface area contributed by atoms with Gasteiger partial charge in [-0.05, 0) is 31.9 Å². The van der Waals surface area contributed by atoms with Crippen molar-refractivity contribution in [2.75, 3.05) is 0 Å². The van der Waals surface area contributed by atoms with Gasteiger partial charge in [0.05, 0.1) is 10.9 Å². The number of hydrogen-bond acceptors (Lipinski definition) is 2. The highest BCUT2D eigenvalue weighted by Crippen LogP contribution is 2.28. The molecule has 0 aliphatic heterocycles. The summed E-state index contributed by atoms with van der Waals surface area (Å²) < 4.78 is 0. The molecule has 1 aromatic carbocycles. The maximum Gasteiger partial charge on any atom is 0.309 e. The fourth-order valence-electron chi connectivity index (χ4n) is 1.76. The summed E-state index contributed by atoms with van der Waals surface area (Å²) in [5.74, 6) is -0.823. The highest BCUT2D eigenvalue weighted by molar-refractivity contribution is 6.34. The molecule has 5 heteroatoms. The average Bonchev–Trinajstić information content (AvgIpc) is 2.61. The van der Waals surface area contributed by atoms with Gasteiger partial charge in [0.15, 0.2) is 0 Å². The lowest BCUT2D eigenvalue weighted by Gasteiger charge is -2.18. The Morgan fingerprint density at radius 1 is 1.53 bits per heavy atom. The van der Waals surface area contributed by atoms with E-state index in [-0.39, 0.29) is 0 Å². The van der Waals surface area contributed by atoms with Crippen LogP contribution in [0.5, 0.6) is 0 Å². The van der Waals surface area contributed by atoms with Gasteiger partial charge in [-0.25, -0.2) is 0 Å². The zero-order valence-electron chi connectivity index (χ0n) is 9.62. The highest BCUT2D eigenvalue weighted by atomic mass is 35.5. The van der Waals surface area contributed by atoms with E-state index >= 15 is 0 Å². The second kappa shape index (κ2) is 4.04. The third-order valence-electron chi connectivity index (χ3n) is 2.83. The Morgan fingerprint density at radius 3 is 2.88 bits per heavy atom. The lowest BCUT2D eigenvalue weighted by molar-refractivity contribution is -0.146. The van der Waals surface area contributed by atoms with Gasteiger partial charge in [-0.2, -0.15) is 5.10 Å². The number of benzene rings is 1. The highest BCUT2D eigenvalue weighted by Gasteiger charge is 2.28. The molecule has 2 aromatic rings. The molecule has 0 amide bonds. The van der Waals surface area contributed by atoms with Crippen molar-refractivity contribution in [1.29, 1.82) is 0 Å². The number of aliphatic carboxylic acids is 1. The Balaban J connectivity index is 2.46. The smallest absolute Gasteiger partial charge is 0.309 e. The first-order chi connectivity index (χ1) is 7.92. The van der Waals surface area contributed by atoms with E-state index in [0.29, 0.717) is 11.6 Å². The van der Waals surface area contributed by atoms with Gasteiger partial charge in [0.1, 0.15) is 5.15 Å². The number of aromatic amines is 1. The van der Waals surface area contributed by atoms with Crippen molar-refractivity contribution in [3.05, 3.63) is 28.9 Å².